The van der Waals surface area contributed by atoms with Crippen LogP contribution in [-0.2, 0) is 0 Å². The standard InChI is InChI=1S/C14H17N5O2/c1-9(2)19(8-12(15)18-21)14(20)10-4-3-5-11-13(10)17-7-6-16-11/h3-7,9,21H,8H2,1-2H3,(H2,15,18). The van der Waals surface area contributed by atoms with Gasteiger partial charge in [0.2, 0.25) is 0 Å². The number of carbonyl (C=O) groups excluding carboxylic acids is 1. The number of carbonyl (C=O) groups is 1. The van der Waals surface area contributed by atoms with Crippen LogP contribution in [0.25, 0.3) is 11.0 Å². The molecule has 1 aromatic heterocycles. The number of nitrogens with two attached hydrogens (primary N) is 1. The Labute approximate surface area is 122 Å². The lowest BCUT2D eigenvalue weighted by molar-refractivity contribution is 0.0736. The van der Waals surface area contributed by atoms with Gasteiger partial charge in [-0.2, -0.15) is 0 Å². The third-order valence-corrected chi connectivity index (χ3v) is 3.07. The first-order chi connectivity index (χ1) is 10.0. The minimum absolute atomic E-state index is 0.0247. The molecule has 0 aliphatic heterocycles. The molecule has 110 valence electrons. The monoisotopic (exact) mass is 287 g/mol. The predicted molar refractivity (Wildman–Crippen MR) is 79.1 cm³/mol. The fraction of sp³-hybridized carbons (Fsp3) is 0.286. The van der Waals surface area contributed by atoms with Crippen molar-refractivity contribution in [1.29, 1.82) is 0 Å². The molecule has 0 atom stereocenters. The van der Waals surface area contributed by atoms with E-state index >= 15 is 0 Å². The number of para-hydroxylation sites is 1. The third-order valence-electron chi connectivity index (χ3n) is 3.07. The summed E-state index contributed by atoms with van der Waals surface area (Å²) in [5.74, 6) is -0.258. The van der Waals surface area contributed by atoms with Crippen molar-refractivity contribution in [3.8, 4) is 0 Å². The molecule has 0 saturated heterocycles. The Bertz CT molecular complexity index is 679. The van der Waals surface area contributed by atoms with E-state index in [1.54, 1.807) is 30.6 Å². The number of rotatable bonds is 4. The smallest absolute Gasteiger partial charge is 0.256 e. The van der Waals surface area contributed by atoms with Crippen LogP contribution >= 0.6 is 0 Å². The molecule has 0 fully saturated rings. The normalized spacial score (nSPS) is 11.9. The average molecular weight is 287 g/mol. The maximum atomic E-state index is 12.7. The quantitative estimate of drug-likeness (QED) is 0.381. The summed E-state index contributed by atoms with van der Waals surface area (Å²) in [7, 11) is 0. The van der Waals surface area contributed by atoms with E-state index in [2.05, 4.69) is 15.1 Å². The van der Waals surface area contributed by atoms with Crippen molar-refractivity contribution in [3.05, 3.63) is 36.2 Å². The van der Waals surface area contributed by atoms with Crippen LogP contribution in [0.5, 0.6) is 0 Å². The Kier molecular flexibility index (Phi) is 4.32. The molecule has 21 heavy (non-hydrogen) atoms. The van der Waals surface area contributed by atoms with Crippen molar-refractivity contribution in [2.45, 2.75) is 19.9 Å². The maximum absolute atomic E-state index is 12.7. The van der Waals surface area contributed by atoms with E-state index in [-0.39, 0.29) is 24.3 Å². The fourth-order valence-electron chi connectivity index (χ4n) is 2.02. The molecule has 1 amide bonds. The summed E-state index contributed by atoms with van der Waals surface area (Å²) in [6.07, 6.45) is 3.12. The van der Waals surface area contributed by atoms with Crippen LogP contribution < -0.4 is 5.73 Å². The molecule has 0 saturated carbocycles. The molecule has 1 aromatic carbocycles. The van der Waals surface area contributed by atoms with Gasteiger partial charge in [-0.1, -0.05) is 11.2 Å². The van der Waals surface area contributed by atoms with E-state index in [1.807, 2.05) is 13.8 Å². The largest absolute Gasteiger partial charge is 0.409 e. The van der Waals surface area contributed by atoms with Crippen molar-refractivity contribution in [2.75, 3.05) is 6.54 Å². The van der Waals surface area contributed by atoms with E-state index in [9.17, 15) is 4.79 Å². The summed E-state index contributed by atoms with van der Waals surface area (Å²) in [4.78, 5) is 22.6. The van der Waals surface area contributed by atoms with Crippen molar-refractivity contribution < 1.29 is 10.0 Å². The Morgan fingerprint density at radius 1 is 1.38 bits per heavy atom. The lowest BCUT2D eigenvalue weighted by Gasteiger charge is -2.26. The number of aromatic nitrogens is 2. The molecular weight excluding hydrogens is 270 g/mol. The van der Waals surface area contributed by atoms with E-state index in [4.69, 9.17) is 10.9 Å². The summed E-state index contributed by atoms with van der Waals surface area (Å²) in [6, 6.07) is 5.14. The number of hydrogen-bond donors (Lipinski definition) is 2. The molecule has 0 bridgehead atoms. The van der Waals surface area contributed by atoms with Gasteiger partial charge in [0.1, 0.15) is 5.52 Å². The van der Waals surface area contributed by atoms with Gasteiger partial charge in [0, 0.05) is 18.4 Å². The first-order valence-corrected chi connectivity index (χ1v) is 6.51. The zero-order valence-electron chi connectivity index (χ0n) is 11.9. The molecule has 3 N–H and O–H groups in total. The minimum Gasteiger partial charge on any atom is -0.409 e. The van der Waals surface area contributed by atoms with Gasteiger partial charge in [-0.3, -0.25) is 14.8 Å². The van der Waals surface area contributed by atoms with Crippen molar-refractivity contribution in [2.24, 2.45) is 10.9 Å². The number of fused-ring (bicyclic) bond motifs is 1. The molecule has 0 unspecified atom stereocenters. The predicted octanol–water partition coefficient (Wildman–Crippen LogP) is 1.23. The van der Waals surface area contributed by atoms with Crippen molar-refractivity contribution >= 4 is 22.8 Å². The van der Waals surface area contributed by atoms with Gasteiger partial charge in [-0.25, -0.2) is 0 Å². The van der Waals surface area contributed by atoms with E-state index in [1.165, 1.54) is 4.90 Å². The second-order valence-electron chi connectivity index (χ2n) is 4.85. The topological polar surface area (TPSA) is 105 Å². The summed E-state index contributed by atoms with van der Waals surface area (Å²) >= 11 is 0. The van der Waals surface area contributed by atoms with Crippen LogP contribution in [0.2, 0.25) is 0 Å². The second kappa shape index (κ2) is 6.17. The van der Waals surface area contributed by atoms with Crippen LogP contribution in [-0.4, -0.2) is 44.4 Å². The number of amidine groups is 1. The molecule has 2 rings (SSSR count). The zero-order valence-corrected chi connectivity index (χ0v) is 11.9. The van der Waals surface area contributed by atoms with Gasteiger partial charge in [0.25, 0.3) is 5.91 Å². The molecule has 0 spiro atoms. The van der Waals surface area contributed by atoms with Crippen LogP contribution in [0.4, 0.5) is 0 Å². The van der Waals surface area contributed by atoms with Crippen LogP contribution in [0, 0.1) is 0 Å². The van der Waals surface area contributed by atoms with Crippen molar-refractivity contribution in [3.63, 3.8) is 0 Å². The highest BCUT2D eigenvalue weighted by Gasteiger charge is 2.22. The van der Waals surface area contributed by atoms with Gasteiger partial charge < -0.3 is 15.8 Å². The minimum atomic E-state index is -0.234. The highest BCUT2D eigenvalue weighted by molar-refractivity contribution is 6.05. The molecule has 0 aliphatic rings. The lowest BCUT2D eigenvalue weighted by Crippen LogP contribution is -2.43. The summed E-state index contributed by atoms with van der Waals surface area (Å²) in [5.41, 5.74) is 7.15. The molecule has 2 aromatic rings. The SMILES string of the molecule is CC(C)N(C/C(N)=N/O)C(=O)c1cccc2nccnc12. The van der Waals surface area contributed by atoms with Gasteiger partial charge >= 0.3 is 0 Å². The summed E-state index contributed by atoms with van der Waals surface area (Å²) in [6.45, 7) is 3.77. The van der Waals surface area contributed by atoms with Crippen LogP contribution in [0.3, 0.4) is 0 Å². The molecule has 0 radical (unpaired) electrons. The van der Waals surface area contributed by atoms with Gasteiger partial charge in [-0.05, 0) is 26.0 Å². The third kappa shape index (κ3) is 3.07. The fourth-order valence-corrected chi connectivity index (χ4v) is 2.02. The van der Waals surface area contributed by atoms with Crippen molar-refractivity contribution in [1.82, 2.24) is 14.9 Å². The van der Waals surface area contributed by atoms with E-state index < -0.39 is 0 Å². The summed E-state index contributed by atoms with van der Waals surface area (Å²) in [5, 5.41) is 11.6. The van der Waals surface area contributed by atoms with Gasteiger partial charge in [0.05, 0.1) is 17.6 Å². The first kappa shape index (κ1) is 14.7. The number of benzene rings is 1. The highest BCUT2D eigenvalue weighted by atomic mass is 16.4. The van der Waals surface area contributed by atoms with Gasteiger partial charge in [0.15, 0.2) is 5.84 Å². The molecule has 7 heteroatoms. The number of hydrogen-bond acceptors (Lipinski definition) is 5. The Morgan fingerprint density at radius 2 is 2.10 bits per heavy atom. The first-order valence-electron chi connectivity index (χ1n) is 6.51. The van der Waals surface area contributed by atoms with Crippen LogP contribution in [0.15, 0.2) is 35.7 Å². The number of nitrogens with zero attached hydrogens (tertiary/aromatic N) is 4. The molecule has 0 aliphatic carbocycles. The zero-order chi connectivity index (χ0) is 15.4. The second-order valence-corrected chi connectivity index (χ2v) is 4.85. The molecular formula is C14H17N5O2. The van der Waals surface area contributed by atoms with Gasteiger partial charge in [-0.15, -0.1) is 0 Å². The Balaban J connectivity index is 2.44. The maximum Gasteiger partial charge on any atom is 0.256 e. The lowest BCUT2D eigenvalue weighted by atomic mass is 10.1. The Hall–Kier alpha value is -2.70. The number of oxime groups is 1. The molecule has 7 nitrogen and oxygen atoms in total. The van der Waals surface area contributed by atoms with E-state index in [0.717, 1.165) is 0 Å². The average Bonchev–Trinajstić information content (AvgIpc) is 2.50. The van der Waals surface area contributed by atoms with E-state index in [0.29, 0.717) is 16.6 Å². The van der Waals surface area contributed by atoms with Crippen LogP contribution in [0.1, 0.15) is 24.2 Å². The number of amides is 1. The highest BCUT2D eigenvalue weighted by Crippen LogP contribution is 2.17. The Morgan fingerprint density at radius 3 is 2.76 bits per heavy atom. The molecule has 1 heterocycles. The summed E-state index contributed by atoms with van der Waals surface area (Å²) < 4.78 is 0.